The van der Waals surface area contributed by atoms with Crippen molar-refractivity contribution in [3.63, 3.8) is 0 Å². The van der Waals surface area contributed by atoms with Gasteiger partial charge in [0.2, 0.25) is 5.91 Å². The van der Waals surface area contributed by atoms with E-state index in [1.165, 1.54) is 5.56 Å². The Labute approximate surface area is 122 Å². The standard InChI is InChI=1S/C16H16BrNO/c1-12(13-6-3-2-4-7-13)10-16(19)18-15-9-5-8-14(17)11-15/h2-9,11-12H,10H2,1H3,(H,18,19)/t12-/m1/s1. The first-order chi connectivity index (χ1) is 9.15. The zero-order valence-electron chi connectivity index (χ0n) is 10.8. The number of rotatable bonds is 4. The third-order valence-corrected chi connectivity index (χ3v) is 3.46. The Bertz CT molecular complexity index is 554. The largest absolute Gasteiger partial charge is 0.326 e. The minimum atomic E-state index is 0.0365. The maximum atomic E-state index is 12.0. The van der Waals surface area contributed by atoms with Crippen LogP contribution in [0.1, 0.15) is 24.8 Å². The van der Waals surface area contributed by atoms with E-state index in [1.807, 2.05) is 42.5 Å². The predicted molar refractivity (Wildman–Crippen MR) is 82.2 cm³/mol. The van der Waals surface area contributed by atoms with Crippen molar-refractivity contribution >= 4 is 27.5 Å². The molecule has 19 heavy (non-hydrogen) atoms. The van der Waals surface area contributed by atoms with Gasteiger partial charge in [-0.05, 0) is 29.7 Å². The summed E-state index contributed by atoms with van der Waals surface area (Å²) in [6, 6.07) is 17.7. The van der Waals surface area contributed by atoms with Crippen molar-refractivity contribution in [3.8, 4) is 0 Å². The Balaban J connectivity index is 1.95. The second-order valence-electron chi connectivity index (χ2n) is 4.57. The highest BCUT2D eigenvalue weighted by Crippen LogP contribution is 2.20. The van der Waals surface area contributed by atoms with Crippen LogP contribution in [0.3, 0.4) is 0 Å². The summed E-state index contributed by atoms with van der Waals surface area (Å²) in [5.41, 5.74) is 2.01. The van der Waals surface area contributed by atoms with Gasteiger partial charge in [0, 0.05) is 16.6 Å². The molecule has 0 unspecified atom stereocenters. The van der Waals surface area contributed by atoms with Crippen molar-refractivity contribution in [1.82, 2.24) is 0 Å². The van der Waals surface area contributed by atoms with Gasteiger partial charge in [-0.1, -0.05) is 59.3 Å². The van der Waals surface area contributed by atoms with E-state index < -0.39 is 0 Å². The van der Waals surface area contributed by atoms with Crippen molar-refractivity contribution in [2.24, 2.45) is 0 Å². The number of amides is 1. The minimum absolute atomic E-state index is 0.0365. The lowest BCUT2D eigenvalue weighted by Crippen LogP contribution is -2.14. The van der Waals surface area contributed by atoms with Crippen LogP contribution in [0.25, 0.3) is 0 Å². The molecule has 0 saturated heterocycles. The Morgan fingerprint density at radius 3 is 2.58 bits per heavy atom. The lowest BCUT2D eigenvalue weighted by atomic mass is 9.97. The first kappa shape index (κ1) is 13.8. The second-order valence-corrected chi connectivity index (χ2v) is 5.49. The third kappa shape index (κ3) is 4.21. The number of halogens is 1. The van der Waals surface area contributed by atoms with E-state index in [0.717, 1.165) is 10.2 Å². The molecule has 0 aromatic heterocycles. The summed E-state index contributed by atoms with van der Waals surface area (Å²) in [6.45, 7) is 2.07. The molecule has 0 radical (unpaired) electrons. The number of nitrogens with one attached hydrogen (secondary N) is 1. The van der Waals surface area contributed by atoms with Crippen LogP contribution in [0.4, 0.5) is 5.69 Å². The van der Waals surface area contributed by atoms with Crippen LogP contribution in [-0.4, -0.2) is 5.91 Å². The summed E-state index contributed by atoms with van der Waals surface area (Å²) in [6.07, 6.45) is 0.483. The maximum absolute atomic E-state index is 12.0. The fraction of sp³-hybridized carbons (Fsp3) is 0.188. The molecule has 2 aromatic rings. The summed E-state index contributed by atoms with van der Waals surface area (Å²) in [5.74, 6) is 0.253. The lowest BCUT2D eigenvalue weighted by Gasteiger charge is -2.12. The first-order valence-corrected chi connectivity index (χ1v) is 7.05. The summed E-state index contributed by atoms with van der Waals surface area (Å²) in [4.78, 5) is 12.0. The van der Waals surface area contributed by atoms with Crippen LogP contribution in [-0.2, 0) is 4.79 Å². The van der Waals surface area contributed by atoms with Crippen molar-refractivity contribution in [2.45, 2.75) is 19.3 Å². The average molecular weight is 318 g/mol. The normalized spacial score (nSPS) is 11.9. The first-order valence-electron chi connectivity index (χ1n) is 6.25. The molecular formula is C16H16BrNO. The van der Waals surface area contributed by atoms with Crippen LogP contribution >= 0.6 is 15.9 Å². The number of hydrogen-bond acceptors (Lipinski definition) is 1. The summed E-state index contributed by atoms with van der Waals surface area (Å²) < 4.78 is 0.960. The molecule has 0 aliphatic rings. The van der Waals surface area contributed by atoms with Gasteiger partial charge in [0.05, 0.1) is 0 Å². The van der Waals surface area contributed by atoms with E-state index in [2.05, 4.69) is 40.3 Å². The molecule has 0 spiro atoms. The number of benzene rings is 2. The van der Waals surface area contributed by atoms with Gasteiger partial charge in [-0.2, -0.15) is 0 Å². The Morgan fingerprint density at radius 2 is 1.89 bits per heavy atom. The van der Waals surface area contributed by atoms with Crippen LogP contribution in [0, 0.1) is 0 Å². The molecule has 0 saturated carbocycles. The zero-order chi connectivity index (χ0) is 13.7. The van der Waals surface area contributed by atoms with Crippen LogP contribution in [0.5, 0.6) is 0 Å². The predicted octanol–water partition coefficient (Wildman–Crippen LogP) is 4.58. The molecule has 0 heterocycles. The quantitative estimate of drug-likeness (QED) is 0.878. The van der Waals surface area contributed by atoms with Gasteiger partial charge in [0.25, 0.3) is 0 Å². The monoisotopic (exact) mass is 317 g/mol. The maximum Gasteiger partial charge on any atom is 0.224 e. The van der Waals surface area contributed by atoms with Crippen LogP contribution in [0.15, 0.2) is 59.1 Å². The van der Waals surface area contributed by atoms with Crippen LogP contribution in [0.2, 0.25) is 0 Å². The van der Waals surface area contributed by atoms with Gasteiger partial charge in [0.15, 0.2) is 0 Å². The van der Waals surface area contributed by atoms with Gasteiger partial charge in [-0.15, -0.1) is 0 Å². The molecule has 2 rings (SSSR count). The van der Waals surface area contributed by atoms with Crippen molar-refractivity contribution in [1.29, 1.82) is 0 Å². The summed E-state index contributed by atoms with van der Waals surface area (Å²) >= 11 is 3.39. The Kier molecular flexibility index (Phi) is 4.74. The van der Waals surface area contributed by atoms with Crippen molar-refractivity contribution < 1.29 is 4.79 Å². The highest BCUT2D eigenvalue weighted by atomic mass is 79.9. The SMILES string of the molecule is C[C@H](CC(=O)Nc1cccc(Br)c1)c1ccccc1. The van der Waals surface area contributed by atoms with E-state index in [9.17, 15) is 4.79 Å². The highest BCUT2D eigenvalue weighted by molar-refractivity contribution is 9.10. The second kappa shape index (κ2) is 6.53. The molecule has 3 heteroatoms. The van der Waals surface area contributed by atoms with E-state index in [4.69, 9.17) is 0 Å². The summed E-state index contributed by atoms with van der Waals surface area (Å²) in [5, 5.41) is 2.91. The topological polar surface area (TPSA) is 29.1 Å². The number of hydrogen-bond donors (Lipinski definition) is 1. The molecule has 1 amide bonds. The van der Waals surface area contributed by atoms with E-state index >= 15 is 0 Å². The molecule has 0 bridgehead atoms. The van der Waals surface area contributed by atoms with Crippen molar-refractivity contribution in [3.05, 3.63) is 64.6 Å². The Morgan fingerprint density at radius 1 is 1.16 bits per heavy atom. The molecular weight excluding hydrogens is 302 g/mol. The Hall–Kier alpha value is -1.61. The number of carbonyl (C=O) groups is 1. The van der Waals surface area contributed by atoms with E-state index in [1.54, 1.807) is 0 Å². The molecule has 98 valence electrons. The molecule has 0 fully saturated rings. The van der Waals surface area contributed by atoms with Gasteiger partial charge in [-0.3, -0.25) is 4.79 Å². The van der Waals surface area contributed by atoms with Gasteiger partial charge in [0.1, 0.15) is 0 Å². The number of carbonyl (C=O) groups excluding carboxylic acids is 1. The minimum Gasteiger partial charge on any atom is -0.326 e. The van der Waals surface area contributed by atoms with E-state index in [0.29, 0.717) is 6.42 Å². The fourth-order valence-corrected chi connectivity index (χ4v) is 2.36. The number of anilines is 1. The molecule has 1 N–H and O–H groups in total. The third-order valence-electron chi connectivity index (χ3n) is 2.97. The van der Waals surface area contributed by atoms with Gasteiger partial charge in [-0.25, -0.2) is 0 Å². The van der Waals surface area contributed by atoms with Gasteiger partial charge >= 0.3 is 0 Å². The van der Waals surface area contributed by atoms with Crippen LogP contribution < -0.4 is 5.32 Å². The molecule has 2 nitrogen and oxygen atoms in total. The molecule has 0 aliphatic heterocycles. The molecule has 1 atom stereocenters. The average Bonchev–Trinajstić information content (AvgIpc) is 2.39. The molecule has 2 aromatic carbocycles. The molecule has 0 aliphatic carbocycles. The zero-order valence-corrected chi connectivity index (χ0v) is 12.4. The summed E-state index contributed by atoms with van der Waals surface area (Å²) in [7, 11) is 0. The fourth-order valence-electron chi connectivity index (χ4n) is 1.96. The van der Waals surface area contributed by atoms with Crippen molar-refractivity contribution in [2.75, 3.05) is 5.32 Å². The van der Waals surface area contributed by atoms with Gasteiger partial charge < -0.3 is 5.32 Å². The van der Waals surface area contributed by atoms with E-state index in [-0.39, 0.29) is 11.8 Å². The smallest absolute Gasteiger partial charge is 0.224 e. The lowest BCUT2D eigenvalue weighted by molar-refractivity contribution is -0.116. The highest BCUT2D eigenvalue weighted by Gasteiger charge is 2.11.